The van der Waals surface area contributed by atoms with Gasteiger partial charge in [0, 0.05) is 6.26 Å². The molecular formula is C13H18O6S. The van der Waals surface area contributed by atoms with Crippen LogP contribution in [-0.2, 0) is 14.3 Å². The minimum atomic E-state index is -0.984. The fourth-order valence-electron chi connectivity index (χ4n) is 1.29. The Balaban J connectivity index is 2.02. The van der Waals surface area contributed by atoms with E-state index in [1.54, 1.807) is 0 Å². The van der Waals surface area contributed by atoms with Crippen molar-refractivity contribution in [3.8, 4) is 11.5 Å². The topological polar surface area (TPSA) is 74.2 Å². The number of rotatable bonds is 11. The average Bonchev–Trinajstić information content (AvgIpc) is 2.43. The smallest absolute Gasteiger partial charge is 0.329 e. The third-order valence-electron chi connectivity index (χ3n) is 2.10. The average molecular weight is 302 g/mol. The van der Waals surface area contributed by atoms with Crippen molar-refractivity contribution in [3.63, 3.8) is 0 Å². The molecule has 20 heavy (non-hydrogen) atoms. The molecule has 7 heteroatoms. The zero-order chi connectivity index (χ0) is 14.6. The second-order valence-electron chi connectivity index (χ2n) is 3.63. The summed E-state index contributed by atoms with van der Waals surface area (Å²) in [5.41, 5.74) is 0. The second kappa shape index (κ2) is 10.4. The van der Waals surface area contributed by atoms with Crippen LogP contribution in [0.2, 0.25) is 0 Å². The van der Waals surface area contributed by atoms with Crippen molar-refractivity contribution < 1.29 is 28.3 Å². The van der Waals surface area contributed by atoms with Crippen LogP contribution in [0.1, 0.15) is 0 Å². The monoisotopic (exact) mass is 302 g/mol. The fraction of sp³-hybridized carbons (Fsp3) is 0.462. The highest BCUT2D eigenvalue weighted by atomic mass is 32.2. The molecule has 0 aliphatic heterocycles. The summed E-state index contributed by atoms with van der Waals surface area (Å²) < 4.78 is 20.7. The maximum Gasteiger partial charge on any atom is 0.329 e. The molecule has 0 heterocycles. The Morgan fingerprint density at radius 2 is 1.65 bits per heavy atom. The Labute approximate surface area is 122 Å². The molecule has 0 aliphatic carbocycles. The zero-order valence-electron chi connectivity index (χ0n) is 11.2. The number of carbonyl (C=O) groups is 1. The van der Waals surface area contributed by atoms with Crippen LogP contribution in [0.5, 0.6) is 11.5 Å². The minimum absolute atomic E-state index is 0.257. The molecule has 0 amide bonds. The Bertz CT molecular complexity index is 381. The largest absolute Gasteiger partial charge is 0.491 e. The van der Waals surface area contributed by atoms with Crippen molar-refractivity contribution in [1.82, 2.24) is 0 Å². The van der Waals surface area contributed by atoms with Crippen LogP contribution in [0.25, 0.3) is 0 Å². The van der Waals surface area contributed by atoms with Gasteiger partial charge in [0.25, 0.3) is 0 Å². The zero-order valence-corrected chi connectivity index (χ0v) is 12.1. The lowest BCUT2D eigenvalue weighted by atomic mass is 10.3. The van der Waals surface area contributed by atoms with E-state index in [0.29, 0.717) is 19.8 Å². The van der Waals surface area contributed by atoms with Gasteiger partial charge in [-0.05, 0) is 24.3 Å². The van der Waals surface area contributed by atoms with E-state index in [4.69, 9.17) is 23.5 Å². The van der Waals surface area contributed by atoms with Crippen molar-refractivity contribution in [3.05, 3.63) is 24.3 Å². The lowest BCUT2D eigenvalue weighted by Gasteiger charge is -2.08. The van der Waals surface area contributed by atoms with Gasteiger partial charge >= 0.3 is 5.97 Å². The van der Waals surface area contributed by atoms with Crippen LogP contribution in [0.15, 0.2) is 24.3 Å². The molecule has 0 saturated heterocycles. The van der Waals surface area contributed by atoms with E-state index in [-0.39, 0.29) is 13.2 Å². The molecule has 1 N–H and O–H groups in total. The van der Waals surface area contributed by atoms with E-state index in [2.05, 4.69) is 0 Å². The number of hydrogen-bond acceptors (Lipinski definition) is 6. The van der Waals surface area contributed by atoms with E-state index < -0.39 is 5.97 Å². The summed E-state index contributed by atoms with van der Waals surface area (Å²) in [6.45, 7) is 1.13. The van der Waals surface area contributed by atoms with Gasteiger partial charge in [0.1, 0.15) is 24.7 Å². The molecule has 6 nitrogen and oxygen atoms in total. The number of benzene rings is 1. The highest BCUT2D eigenvalue weighted by Crippen LogP contribution is 2.19. The minimum Gasteiger partial charge on any atom is -0.491 e. The highest BCUT2D eigenvalue weighted by Gasteiger charge is 1.98. The molecule has 1 rings (SSSR count). The number of ether oxygens (including phenoxy) is 3. The Morgan fingerprint density at radius 3 is 2.30 bits per heavy atom. The Hall–Kier alpha value is -1.44. The number of carboxylic acids is 1. The van der Waals surface area contributed by atoms with Crippen molar-refractivity contribution in [1.29, 1.82) is 0 Å². The van der Waals surface area contributed by atoms with Gasteiger partial charge in [-0.15, -0.1) is 0 Å². The molecule has 0 bridgehead atoms. The summed E-state index contributed by atoms with van der Waals surface area (Å²) >= 11 is 1.28. The van der Waals surface area contributed by atoms with Crippen molar-refractivity contribution in [2.75, 3.05) is 39.3 Å². The molecule has 0 aliphatic rings. The van der Waals surface area contributed by atoms with Crippen LogP contribution in [0.3, 0.4) is 0 Å². The van der Waals surface area contributed by atoms with E-state index in [0.717, 1.165) is 11.5 Å². The van der Waals surface area contributed by atoms with Crippen LogP contribution in [0, 0.1) is 0 Å². The van der Waals surface area contributed by atoms with Gasteiger partial charge in [-0.3, -0.25) is 0 Å². The molecule has 0 fully saturated rings. The summed E-state index contributed by atoms with van der Waals surface area (Å²) in [6.07, 6.45) is 1.85. The Kier molecular flexibility index (Phi) is 8.61. The first-order valence-corrected chi connectivity index (χ1v) is 7.18. The summed E-state index contributed by atoms with van der Waals surface area (Å²) in [4.78, 5) is 10.2. The molecule has 0 aromatic heterocycles. The lowest BCUT2D eigenvalue weighted by molar-refractivity contribution is -0.142. The highest BCUT2D eigenvalue weighted by molar-refractivity contribution is 7.94. The van der Waals surface area contributed by atoms with Crippen LogP contribution in [0.4, 0.5) is 0 Å². The van der Waals surface area contributed by atoms with Gasteiger partial charge in [-0.2, -0.15) is 0 Å². The predicted octanol–water partition coefficient (Wildman–Crippen LogP) is 1.84. The quantitative estimate of drug-likeness (QED) is 0.494. The van der Waals surface area contributed by atoms with E-state index in [9.17, 15) is 4.79 Å². The molecule has 0 radical (unpaired) electrons. The molecule has 0 spiro atoms. The molecular weight excluding hydrogens is 284 g/mol. The summed E-state index contributed by atoms with van der Waals surface area (Å²) in [5.74, 6) is 0.531. The standard InChI is InChI=1S/C13H18O6S/c1-20-19-12-4-2-11(3-5-12)18-9-8-16-6-7-17-10-13(14)15/h2-5H,6-10H2,1H3,(H,14,15). The number of hydrogen-bond donors (Lipinski definition) is 1. The molecule has 0 atom stereocenters. The van der Waals surface area contributed by atoms with Gasteiger partial charge in [0.05, 0.1) is 31.9 Å². The maximum atomic E-state index is 10.2. The molecule has 0 unspecified atom stereocenters. The third-order valence-corrected chi connectivity index (χ3v) is 2.46. The number of carboxylic acid groups (broad SMARTS) is 1. The summed E-state index contributed by atoms with van der Waals surface area (Å²) in [7, 11) is 0. The van der Waals surface area contributed by atoms with Gasteiger partial charge in [0.15, 0.2) is 0 Å². The molecule has 112 valence electrons. The van der Waals surface area contributed by atoms with Crippen LogP contribution >= 0.6 is 12.0 Å². The molecule has 1 aromatic carbocycles. The summed E-state index contributed by atoms with van der Waals surface area (Å²) in [5, 5.41) is 8.34. The predicted molar refractivity (Wildman–Crippen MR) is 75.4 cm³/mol. The van der Waals surface area contributed by atoms with Crippen molar-refractivity contribution in [2.45, 2.75) is 0 Å². The van der Waals surface area contributed by atoms with Gasteiger partial charge in [0.2, 0.25) is 0 Å². The second-order valence-corrected chi connectivity index (χ2v) is 4.13. The van der Waals surface area contributed by atoms with Crippen molar-refractivity contribution in [2.24, 2.45) is 0 Å². The maximum absolute atomic E-state index is 10.2. The Morgan fingerprint density at radius 1 is 1.05 bits per heavy atom. The molecule has 1 aromatic rings. The van der Waals surface area contributed by atoms with Crippen molar-refractivity contribution >= 4 is 18.0 Å². The number of aliphatic carboxylic acids is 1. The SMILES string of the molecule is CSOc1ccc(OCCOCCOCC(=O)O)cc1. The van der Waals surface area contributed by atoms with E-state index >= 15 is 0 Å². The van der Waals surface area contributed by atoms with E-state index in [1.165, 1.54) is 12.0 Å². The summed E-state index contributed by atoms with van der Waals surface area (Å²) in [6, 6.07) is 7.29. The first kappa shape index (κ1) is 16.6. The van der Waals surface area contributed by atoms with Gasteiger partial charge in [-0.1, -0.05) is 0 Å². The van der Waals surface area contributed by atoms with Gasteiger partial charge in [-0.25, -0.2) is 4.79 Å². The fourth-order valence-corrected chi connectivity index (χ4v) is 1.59. The first-order valence-electron chi connectivity index (χ1n) is 6.03. The van der Waals surface area contributed by atoms with Crippen LogP contribution in [-0.4, -0.2) is 50.4 Å². The third kappa shape index (κ3) is 7.88. The molecule has 0 saturated carbocycles. The van der Waals surface area contributed by atoms with Gasteiger partial charge < -0.3 is 23.5 Å². The normalized spacial score (nSPS) is 10.2. The van der Waals surface area contributed by atoms with Crippen LogP contribution < -0.4 is 8.92 Å². The lowest BCUT2D eigenvalue weighted by Crippen LogP contribution is -2.13. The first-order chi connectivity index (χ1) is 9.72. The van der Waals surface area contributed by atoms with E-state index in [1.807, 2.05) is 30.5 Å².